The molecule has 0 spiro atoms. The minimum atomic E-state index is -2.51. The first-order valence-corrected chi connectivity index (χ1v) is 20.8. The van der Waals surface area contributed by atoms with Crippen LogP contribution in [-0.4, -0.2) is 18.0 Å². The van der Waals surface area contributed by atoms with Gasteiger partial charge in [-0.05, 0) is 78.4 Å². The van der Waals surface area contributed by atoms with Crippen LogP contribution in [-0.2, 0) is 0 Å². The van der Waals surface area contributed by atoms with Gasteiger partial charge in [-0.2, -0.15) is 0 Å². The van der Waals surface area contributed by atoms with Crippen molar-refractivity contribution in [1.29, 1.82) is 0 Å². The Labute approximate surface area is 323 Å². The van der Waals surface area contributed by atoms with Gasteiger partial charge in [0.05, 0.1) is 11.4 Å². The fourth-order valence-electron chi connectivity index (χ4n) is 8.43. The Balaban J connectivity index is 1.06. The summed E-state index contributed by atoms with van der Waals surface area (Å²) in [5.41, 5.74) is 12.3. The summed E-state index contributed by atoms with van der Waals surface area (Å²) in [6.07, 6.45) is 0. The zero-order chi connectivity index (χ0) is 36.6. The summed E-state index contributed by atoms with van der Waals surface area (Å²) in [6, 6.07) is 79.0. The summed E-state index contributed by atoms with van der Waals surface area (Å²) in [5.74, 6) is 0.717. The van der Waals surface area contributed by atoms with Crippen molar-refractivity contribution >= 4 is 28.8 Å². The van der Waals surface area contributed by atoms with E-state index in [-0.39, 0.29) is 0 Å². The molecule has 258 valence electrons. The lowest BCUT2D eigenvalue weighted by atomic mass is 9.95. The standard InChI is InChI=1S/C52H36N2Si/c1-5-17-37(18-6-1)48-36-49(54-52(53-48)38-19-7-2-8-20-38)43-24-16-23-41(34-43)39-21-15-22-40(33-39)42-31-32-51-47(35-42)46-29-13-14-30-50(46)55(51,44-25-9-3-10-26-44)45-27-11-4-12-28-45/h1-36H. The summed E-state index contributed by atoms with van der Waals surface area (Å²) in [6.45, 7) is 0. The molecule has 0 saturated heterocycles. The maximum absolute atomic E-state index is 5.10. The Morgan fingerprint density at radius 2 is 0.709 bits per heavy atom. The van der Waals surface area contributed by atoms with Crippen LogP contribution in [0.15, 0.2) is 218 Å². The molecular formula is C52H36N2Si. The van der Waals surface area contributed by atoms with Crippen LogP contribution >= 0.6 is 0 Å². The van der Waals surface area contributed by atoms with Crippen molar-refractivity contribution < 1.29 is 0 Å². The van der Waals surface area contributed by atoms with Gasteiger partial charge in [-0.25, -0.2) is 9.97 Å². The van der Waals surface area contributed by atoms with E-state index in [1.165, 1.54) is 43.0 Å². The lowest BCUT2D eigenvalue weighted by molar-refractivity contribution is 1.18. The SMILES string of the molecule is c1ccc(-c2cc(-c3cccc(-c4cccc(-c5ccc6c(c5)-c5ccccc5[Si]6(c5ccccc5)c5ccccc5)c4)c3)nc(-c3ccccc3)n2)cc1. The van der Waals surface area contributed by atoms with Gasteiger partial charge in [0.1, 0.15) is 0 Å². The third-order valence-corrected chi connectivity index (χ3v) is 15.9. The highest BCUT2D eigenvalue weighted by Gasteiger charge is 2.48. The van der Waals surface area contributed by atoms with Crippen LogP contribution < -0.4 is 20.7 Å². The Morgan fingerprint density at radius 3 is 1.33 bits per heavy atom. The monoisotopic (exact) mass is 716 g/mol. The molecule has 3 heteroatoms. The van der Waals surface area contributed by atoms with Crippen molar-refractivity contribution in [3.63, 3.8) is 0 Å². The molecular weight excluding hydrogens is 681 g/mol. The number of nitrogens with zero attached hydrogens (tertiary/aromatic N) is 2. The molecule has 8 aromatic carbocycles. The van der Waals surface area contributed by atoms with Crippen molar-refractivity contribution in [2.45, 2.75) is 0 Å². The van der Waals surface area contributed by atoms with E-state index in [0.29, 0.717) is 5.82 Å². The second-order valence-corrected chi connectivity index (χ2v) is 17.9. The molecule has 1 aliphatic rings. The molecule has 1 aromatic heterocycles. The maximum Gasteiger partial charge on any atom is 0.180 e. The zero-order valence-electron chi connectivity index (χ0n) is 30.2. The Kier molecular flexibility index (Phi) is 8.20. The van der Waals surface area contributed by atoms with Gasteiger partial charge in [0.2, 0.25) is 0 Å². The van der Waals surface area contributed by atoms with Gasteiger partial charge in [-0.3, -0.25) is 0 Å². The van der Waals surface area contributed by atoms with Gasteiger partial charge in [0.15, 0.2) is 13.9 Å². The second kappa shape index (κ2) is 13.8. The maximum atomic E-state index is 5.10. The molecule has 0 unspecified atom stereocenters. The third kappa shape index (κ3) is 5.74. The summed E-state index contributed by atoms with van der Waals surface area (Å²) >= 11 is 0. The summed E-state index contributed by atoms with van der Waals surface area (Å²) < 4.78 is 0. The van der Waals surface area contributed by atoms with Crippen molar-refractivity contribution in [3.05, 3.63) is 218 Å². The molecule has 0 atom stereocenters. The van der Waals surface area contributed by atoms with Crippen LogP contribution in [0.1, 0.15) is 0 Å². The Morgan fingerprint density at radius 1 is 0.273 bits per heavy atom. The molecule has 0 fully saturated rings. The number of benzene rings is 8. The molecule has 2 heterocycles. The Hall–Kier alpha value is -6.94. The number of hydrogen-bond acceptors (Lipinski definition) is 2. The van der Waals surface area contributed by atoms with E-state index < -0.39 is 8.07 Å². The number of rotatable bonds is 7. The Bertz CT molecular complexity index is 2700. The molecule has 55 heavy (non-hydrogen) atoms. The molecule has 0 N–H and O–H groups in total. The van der Waals surface area contributed by atoms with Crippen LogP contribution in [0.3, 0.4) is 0 Å². The molecule has 0 amide bonds. The van der Waals surface area contributed by atoms with Crippen LogP contribution in [0.4, 0.5) is 0 Å². The quantitative estimate of drug-likeness (QED) is 0.154. The van der Waals surface area contributed by atoms with Gasteiger partial charge >= 0.3 is 0 Å². The average molecular weight is 717 g/mol. The summed E-state index contributed by atoms with van der Waals surface area (Å²) in [4.78, 5) is 10.1. The normalized spacial score (nSPS) is 12.5. The van der Waals surface area contributed by atoms with Crippen LogP contribution in [0, 0.1) is 0 Å². The first kappa shape index (κ1) is 32.7. The minimum Gasteiger partial charge on any atom is -0.228 e. The van der Waals surface area contributed by atoms with E-state index in [0.717, 1.165) is 39.2 Å². The molecule has 0 bridgehead atoms. The number of aromatic nitrogens is 2. The number of hydrogen-bond donors (Lipinski definition) is 0. The van der Waals surface area contributed by atoms with Gasteiger partial charge < -0.3 is 0 Å². The molecule has 0 aliphatic carbocycles. The highest BCUT2D eigenvalue weighted by atomic mass is 28.3. The second-order valence-electron chi connectivity index (χ2n) is 14.1. The fourth-order valence-corrected chi connectivity index (χ4v) is 13.6. The molecule has 1 aliphatic heterocycles. The molecule has 10 rings (SSSR count). The summed E-state index contributed by atoms with van der Waals surface area (Å²) in [7, 11) is -2.51. The van der Waals surface area contributed by atoms with E-state index >= 15 is 0 Å². The van der Waals surface area contributed by atoms with E-state index in [9.17, 15) is 0 Å². The van der Waals surface area contributed by atoms with Crippen molar-refractivity contribution in [2.75, 3.05) is 0 Å². The first-order valence-electron chi connectivity index (χ1n) is 18.8. The van der Waals surface area contributed by atoms with Crippen molar-refractivity contribution in [2.24, 2.45) is 0 Å². The molecule has 0 radical (unpaired) electrons. The van der Waals surface area contributed by atoms with E-state index in [2.05, 4.69) is 194 Å². The smallest absolute Gasteiger partial charge is 0.180 e. The lowest BCUT2D eigenvalue weighted by Crippen LogP contribution is -2.72. The third-order valence-electron chi connectivity index (χ3n) is 11.0. The predicted molar refractivity (Wildman–Crippen MR) is 232 cm³/mol. The fraction of sp³-hybridized carbons (Fsp3) is 0. The number of fused-ring (bicyclic) bond motifs is 3. The van der Waals surface area contributed by atoms with Crippen LogP contribution in [0.25, 0.3) is 67.3 Å². The topological polar surface area (TPSA) is 25.8 Å². The highest BCUT2D eigenvalue weighted by molar-refractivity contribution is 7.22. The van der Waals surface area contributed by atoms with Crippen LogP contribution in [0.2, 0.25) is 0 Å². The molecule has 0 saturated carbocycles. The average Bonchev–Trinajstić information content (AvgIpc) is 3.58. The summed E-state index contributed by atoms with van der Waals surface area (Å²) in [5, 5.41) is 5.74. The van der Waals surface area contributed by atoms with Crippen LogP contribution in [0.5, 0.6) is 0 Å². The van der Waals surface area contributed by atoms with Gasteiger partial charge in [0.25, 0.3) is 0 Å². The van der Waals surface area contributed by atoms with Gasteiger partial charge in [0, 0.05) is 16.7 Å². The van der Waals surface area contributed by atoms with Gasteiger partial charge in [-0.15, -0.1) is 0 Å². The minimum absolute atomic E-state index is 0.717. The first-order chi connectivity index (χ1) is 27.3. The predicted octanol–water partition coefficient (Wildman–Crippen LogP) is 10.2. The zero-order valence-corrected chi connectivity index (χ0v) is 31.2. The van der Waals surface area contributed by atoms with E-state index in [4.69, 9.17) is 9.97 Å². The highest BCUT2D eigenvalue weighted by Crippen LogP contribution is 2.35. The van der Waals surface area contributed by atoms with Gasteiger partial charge in [-0.1, -0.05) is 194 Å². The largest absolute Gasteiger partial charge is 0.228 e. The van der Waals surface area contributed by atoms with Crippen molar-refractivity contribution in [1.82, 2.24) is 9.97 Å². The van der Waals surface area contributed by atoms with E-state index in [1.807, 2.05) is 24.3 Å². The molecule has 2 nitrogen and oxygen atoms in total. The van der Waals surface area contributed by atoms with E-state index in [1.54, 1.807) is 0 Å². The lowest BCUT2D eigenvalue weighted by Gasteiger charge is -2.31. The molecule has 9 aromatic rings. The van der Waals surface area contributed by atoms with Crippen molar-refractivity contribution in [3.8, 4) is 67.3 Å².